The molecule has 0 radical (unpaired) electrons. The highest BCUT2D eigenvalue weighted by atomic mass is 32.1. The third-order valence-corrected chi connectivity index (χ3v) is 3.99. The van der Waals surface area contributed by atoms with Crippen LogP contribution in [0, 0.1) is 13.8 Å². The van der Waals surface area contributed by atoms with Crippen LogP contribution in [-0.2, 0) is 0 Å². The summed E-state index contributed by atoms with van der Waals surface area (Å²) in [6, 6.07) is 7.16. The fraction of sp³-hybridized carbons (Fsp3) is 0.500. The van der Waals surface area contributed by atoms with Crippen molar-refractivity contribution in [2.45, 2.75) is 45.8 Å². The molecular weight excluding hydrogens is 256 g/mol. The predicted molar refractivity (Wildman–Crippen MR) is 84.3 cm³/mol. The van der Waals surface area contributed by atoms with Crippen LogP contribution in [-0.4, -0.2) is 23.2 Å². The normalized spacial score (nSPS) is 26.2. The molecule has 1 aromatic carbocycles. The third kappa shape index (κ3) is 3.23. The van der Waals surface area contributed by atoms with Gasteiger partial charge in [0.2, 0.25) is 0 Å². The van der Waals surface area contributed by atoms with Crippen molar-refractivity contribution in [3.8, 4) is 0 Å². The van der Waals surface area contributed by atoms with Crippen molar-refractivity contribution in [2.75, 3.05) is 5.32 Å². The number of hydrogen-bond donors (Lipinski definition) is 4. The highest BCUT2D eigenvalue weighted by Crippen LogP contribution is 2.18. The van der Waals surface area contributed by atoms with Gasteiger partial charge in [0.1, 0.15) is 0 Å². The van der Waals surface area contributed by atoms with Crippen LogP contribution in [0.25, 0.3) is 0 Å². The van der Waals surface area contributed by atoms with Crippen LogP contribution < -0.4 is 21.5 Å². The molecule has 1 aromatic rings. The number of nitrogens with one attached hydrogen (secondary N) is 4. The van der Waals surface area contributed by atoms with E-state index in [4.69, 9.17) is 12.2 Å². The van der Waals surface area contributed by atoms with Gasteiger partial charge in [-0.2, -0.15) is 0 Å². The zero-order valence-electron chi connectivity index (χ0n) is 11.9. The second-order valence-electron chi connectivity index (χ2n) is 5.24. The Morgan fingerprint density at radius 2 is 1.79 bits per heavy atom. The van der Waals surface area contributed by atoms with Crippen LogP contribution in [0.1, 0.15) is 25.0 Å². The Balaban J connectivity index is 2.00. The van der Waals surface area contributed by atoms with Gasteiger partial charge >= 0.3 is 0 Å². The Morgan fingerprint density at radius 1 is 1.16 bits per heavy atom. The topological polar surface area (TPSA) is 48.1 Å². The van der Waals surface area contributed by atoms with E-state index in [-0.39, 0.29) is 6.04 Å². The minimum atomic E-state index is 0.283. The van der Waals surface area contributed by atoms with Crippen molar-refractivity contribution in [1.29, 1.82) is 0 Å². The molecule has 4 nitrogen and oxygen atoms in total. The Labute approximate surface area is 120 Å². The van der Waals surface area contributed by atoms with Crippen LogP contribution >= 0.6 is 12.2 Å². The lowest BCUT2D eigenvalue weighted by molar-refractivity contribution is 0.519. The molecule has 19 heavy (non-hydrogen) atoms. The molecule has 104 valence electrons. The minimum absolute atomic E-state index is 0.283. The lowest BCUT2D eigenvalue weighted by atomic mass is 10.1. The van der Waals surface area contributed by atoms with E-state index in [1.807, 2.05) is 12.1 Å². The molecule has 2 unspecified atom stereocenters. The van der Waals surface area contributed by atoms with Gasteiger partial charge in [-0.15, -0.1) is 0 Å². The van der Waals surface area contributed by atoms with Gasteiger partial charge in [0.25, 0.3) is 0 Å². The number of hydrogen-bond acceptors (Lipinski definition) is 3. The van der Waals surface area contributed by atoms with E-state index < -0.39 is 0 Å². The molecular formula is C14H22N4S. The summed E-state index contributed by atoms with van der Waals surface area (Å²) in [4.78, 5) is 0. The molecule has 1 fully saturated rings. The quantitative estimate of drug-likeness (QED) is 0.622. The molecule has 0 amide bonds. The van der Waals surface area contributed by atoms with E-state index in [0.717, 1.165) is 5.69 Å². The van der Waals surface area contributed by atoms with E-state index in [1.165, 1.54) is 11.1 Å². The van der Waals surface area contributed by atoms with E-state index in [2.05, 4.69) is 55.2 Å². The first-order valence-electron chi connectivity index (χ1n) is 6.64. The maximum Gasteiger partial charge on any atom is 0.171 e. The molecule has 5 heteroatoms. The zero-order chi connectivity index (χ0) is 14.0. The van der Waals surface area contributed by atoms with Crippen molar-refractivity contribution >= 4 is 23.0 Å². The molecule has 0 aliphatic carbocycles. The van der Waals surface area contributed by atoms with Gasteiger partial charge in [0, 0.05) is 17.8 Å². The highest BCUT2D eigenvalue weighted by molar-refractivity contribution is 7.80. The van der Waals surface area contributed by atoms with Gasteiger partial charge in [-0.1, -0.05) is 12.1 Å². The monoisotopic (exact) mass is 278 g/mol. The molecule has 0 aromatic heterocycles. The fourth-order valence-corrected chi connectivity index (χ4v) is 2.57. The minimum Gasteiger partial charge on any atom is -0.356 e. The number of rotatable bonds is 2. The van der Waals surface area contributed by atoms with Crippen LogP contribution in [0.15, 0.2) is 18.2 Å². The smallest absolute Gasteiger partial charge is 0.171 e. The SMILES string of the molecule is Cc1cccc(NC(=S)NC2C(C)NNC2C)c1C. The maximum atomic E-state index is 5.40. The molecule has 1 aliphatic heterocycles. The fourth-order valence-electron chi connectivity index (χ4n) is 2.32. The van der Waals surface area contributed by atoms with Crippen LogP contribution in [0.4, 0.5) is 5.69 Å². The molecule has 1 heterocycles. The second-order valence-corrected chi connectivity index (χ2v) is 5.65. The molecule has 4 N–H and O–H groups in total. The van der Waals surface area contributed by atoms with Gasteiger partial charge in [0.15, 0.2) is 5.11 Å². The van der Waals surface area contributed by atoms with Crippen molar-refractivity contribution in [1.82, 2.24) is 16.2 Å². The van der Waals surface area contributed by atoms with E-state index in [9.17, 15) is 0 Å². The van der Waals surface area contributed by atoms with Gasteiger partial charge in [-0.05, 0) is 57.1 Å². The molecule has 2 rings (SSSR count). The lowest BCUT2D eigenvalue weighted by Crippen LogP contribution is -2.47. The van der Waals surface area contributed by atoms with E-state index in [0.29, 0.717) is 17.2 Å². The zero-order valence-corrected chi connectivity index (χ0v) is 12.7. The summed E-state index contributed by atoms with van der Waals surface area (Å²) in [5.74, 6) is 0. The third-order valence-electron chi connectivity index (χ3n) is 3.77. The van der Waals surface area contributed by atoms with Gasteiger partial charge in [0.05, 0.1) is 6.04 Å². The summed E-state index contributed by atoms with van der Waals surface area (Å²) < 4.78 is 0. The van der Waals surface area contributed by atoms with Gasteiger partial charge in [-0.3, -0.25) is 10.9 Å². The number of hydrazine groups is 1. The number of anilines is 1. The predicted octanol–water partition coefficient (Wildman–Crippen LogP) is 1.84. The first kappa shape index (κ1) is 14.2. The molecule has 1 aliphatic rings. The van der Waals surface area contributed by atoms with E-state index >= 15 is 0 Å². The van der Waals surface area contributed by atoms with Crippen molar-refractivity contribution in [3.05, 3.63) is 29.3 Å². The van der Waals surface area contributed by atoms with Crippen LogP contribution in [0.5, 0.6) is 0 Å². The van der Waals surface area contributed by atoms with Gasteiger partial charge in [-0.25, -0.2) is 0 Å². The largest absolute Gasteiger partial charge is 0.356 e. The van der Waals surface area contributed by atoms with Crippen LogP contribution in [0.2, 0.25) is 0 Å². The molecule has 0 bridgehead atoms. The highest BCUT2D eigenvalue weighted by Gasteiger charge is 2.30. The van der Waals surface area contributed by atoms with E-state index in [1.54, 1.807) is 0 Å². The first-order chi connectivity index (χ1) is 8.99. The Morgan fingerprint density at radius 3 is 2.42 bits per heavy atom. The summed E-state index contributed by atoms with van der Waals surface area (Å²) in [7, 11) is 0. The van der Waals surface area contributed by atoms with Crippen molar-refractivity contribution in [3.63, 3.8) is 0 Å². The second kappa shape index (κ2) is 5.86. The Hall–Kier alpha value is -1.17. The summed E-state index contributed by atoms with van der Waals surface area (Å²) in [5, 5.41) is 7.32. The summed E-state index contributed by atoms with van der Waals surface area (Å²) in [6.07, 6.45) is 0. The summed E-state index contributed by atoms with van der Waals surface area (Å²) >= 11 is 5.40. The standard InChI is InChI=1S/C14H22N4S/c1-8-6-5-7-12(9(8)2)15-14(19)16-13-10(3)17-18-11(13)4/h5-7,10-11,13,17-18H,1-4H3,(H2,15,16,19). The number of benzene rings is 1. The molecule has 2 atom stereocenters. The summed E-state index contributed by atoms with van der Waals surface area (Å²) in [5.41, 5.74) is 9.98. The Bertz CT molecular complexity index is 465. The van der Waals surface area contributed by atoms with Crippen molar-refractivity contribution < 1.29 is 0 Å². The van der Waals surface area contributed by atoms with Crippen LogP contribution in [0.3, 0.4) is 0 Å². The first-order valence-corrected chi connectivity index (χ1v) is 7.04. The number of thiocarbonyl (C=S) groups is 1. The Kier molecular flexibility index (Phi) is 4.39. The average Bonchev–Trinajstić information content (AvgIpc) is 2.67. The average molecular weight is 278 g/mol. The summed E-state index contributed by atoms with van der Waals surface area (Å²) in [6.45, 7) is 8.47. The lowest BCUT2D eigenvalue weighted by Gasteiger charge is -2.22. The number of aryl methyl sites for hydroxylation is 1. The maximum absolute atomic E-state index is 5.40. The van der Waals surface area contributed by atoms with Crippen molar-refractivity contribution in [2.24, 2.45) is 0 Å². The van der Waals surface area contributed by atoms with Gasteiger partial charge < -0.3 is 10.6 Å². The molecule has 1 saturated heterocycles. The molecule has 0 spiro atoms. The molecule has 0 saturated carbocycles.